The predicted octanol–water partition coefficient (Wildman–Crippen LogP) is 7.00. The molecule has 9 nitrogen and oxygen atoms in total. The van der Waals surface area contributed by atoms with Crippen molar-refractivity contribution in [3.63, 3.8) is 0 Å². The zero-order chi connectivity index (χ0) is 31.6. The van der Waals surface area contributed by atoms with Crippen molar-refractivity contribution >= 4 is 35.4 Å². The van der Waals surface area contributed by atoms with Crippen LogP contribution in [0.4, 0.5) is 11.4 Å². The summed E-state index contributed by atoms with van der Waals surface area (Å²) in [6.07, 6.45) is 10.4. The first-order valence-corrected chi connectivity index (χ1v) is 15.1. The van der Waals surface area contributed by atoms with Crippen LogP contribution >= 0.6 is 0 Å². The Labute approximate surface area is 259 Å². The molecule has 3 rings (SSSR count). The van der Waals surface area contributed by atoms with E-state index in [1.165, 1.54) is 18.2 Å². The summed E-state index contributed by atoms with van der Waals surface area (Å²) in [6.45, 7) is 3.45. The van der Waals surface area contributed by atoms with Crippen molar-refractivity contribution in [1.82, 2.24) is 0 Å². The number of carbonyl (C=O) groups is 3. The second kappa shape index (κ2) is 18.7. The monoisotopic (exact) mass is 602 g/mol. The highest BCUT2D eigenvalue weighted by molar-refractivity contribution is 5.92. The Morgan fingerprint density at radius 1 is 0.636 bits per heavy atom. The van der Waals surface area contributed by atoms with Gasteiger partial charge in [0.2, 0.25) is 0 Å². The molecule has 0 aliphatic heterocycles. The molecule has 0 saturated carbocycles. The van der Waals surface area contributed by atoms with Gasteiger partial charge in [0, 0.05) is 17.5 Å². The van der Waals surface area contributed by atoms with Crippen molar-refractivity contribution in [1.29, 1.82) is 0 Å². The van der Waals surface area contributed by atoms with E-state index in [0.29, 0.717) is 48.1 Å². The molecular weight excluding hydrogens is 560 g/mol. The molecular formula is C35H42N2O7. The summed E-state index contributed by atoms with van der Waals surface area (Å²) in [5, 5.41) is 0. The van der Waals surface area contributed by atoms with Crippen LogP contribution in [0.15, 0.2) is 72.8 Å². The van der Waals surface area contributed by atoms with E-state index in [2.05, 4.69) is 6.92 Å². The number of unbranched alkanes of at least 4 members (excludes halogenated alkanes) is 6. The van der Waals surface area contributed by atoms with E-state index in [9.17, 15) is 14.4 Å². The topological polar surface area (TPSA) is 140 Å². The third-order valence-corrected chi connectivity index (χ3v) is 6.59. The molecule has 0 aliphatic rings. The average Bonchev–Trinajstić information content (AvgIpc) is 3.01. The van der Waals surface area contributed by atoms with Crippen LogP contribution in [-0.4, -0.2) is 37.7 Å². The van der Waals surface area contributed by atoms with Crippen molar-refractivity contribution in [2.75, 3.05) is 31.3 Å². The van der Waals surface area contributed by atoms with Gasteiger partial charge in [-0.3, -0.25) is 0 Å². The molecule has 3 aromatic carbocycles. The van der Waals surface area contributed by atoms with Crippen LogP contribution < -0.4 is 20.9 Å². The van der Waals surface area contributed by atoms with Crippen LogP contribution in [0.2, 0.25) is 0 Å². The molecule has 9 heteroatoms. The van der Waals surface area contributed by atoms with Gasteiger partial charge in [-0.25, -0.2) is 14.4 Å². The molecule has 0 saturated heterocycles. The summed E-state index contributed by atoms with van der Waals surface area (Å²) < 4.78 is 21.6. The SMILES string of the molecule is CCCCCOc1ccc(OC(=O)C=Cc2ccc(C(=O)OCCCCCCCOC(=O)c3cc(N)cc(N)c3)cc2)cc1. The Hall–Kier alpha value is -4.79. The molecule has 0 spiro atoms. The van der Waals surface area contributed by atoms with Gasteiger partial charge < -0.3 is 30.4 Å². The van der Waals surface area contributed by atoms with E-state index in [4.69, 9.17) is 30.4 Å². The summed E-state index contributed by atoms with van der Waals surface area (Å²) in [7, 11) is 0. The molecule has 0 atom stereocenters. The van der Waals surface area contributed by atoms with Crippen LogP contribution in [0.25, 0.3) is 6.08 Å². The Morgan fingerprint density at radius 3 is 1.80 bits per heavy atom. The van der Waals surface area contributed by atoms with Gasteiger partial charge in [0.25, 0.3) is 0 Å². The Bertz CT molecular complexity index is 1350. The van der Waals surface area contributed by atoms with Crippen LogP contribution in [0, 0.1) is 0 Å². The number of ether oxygens (including phenoxy) is 4. The molecule has 0 bridgehead atoms. The number of nitrogens with two attached hydrogens (primary N) is 2. The van der Waals surface area contributed by atoms with Crippen molar-refractivity contribution in [2.45, 2.75) is 58.3 Å². The number of benzene rings is 3. The first-order chi connectivity index (χ1) is 21.3. The maximum atomic E-state index is 12.3. The minimum Gasteiger partial charge on any atom is -0.494 e. The van der Waals surface area contributed by atoms with Crippen molar-refractivity contribution in [3.05, 3.63) is 89.5 Å². The zero-order valence-corrected chi connectivity index (χ0v) is 25.3. The normalized spacial score (nSPS) is 10.8. The van der Waals surface area contributed by atoms with Crippen molar-refractivity contribution in [3.8, 4) is 11.5 Å². The van der Waals surface area contributed by atoms with Crippen LogP contribution in [-0.2, 0) is 14.3 Å². The van der Waals surface area contributed by atoms with Crippen molar-refractivity contribution < 1.29 is 33.3 Å². The number of anilines is 2. The van der Waals surface area contributed by atoms with Crippen LogP contribution in [0.3, 0.4) is 0 Å². The van der Waals surface area contributed by atoms with E-state index >= 15 is 0 Å². The van der Waals surface area contributed by atoms with E-state index < -0.39 is 17.9 Å². The van der Waals surface area contributed by atoms with Gasteiger partial charge in [-0.1, -0.05) is 51.2 Å². The molecule has 0 radical (unpaired) electrons. The first kappa shape index (κ1) is 33.7. The number of rotatable bonds is 18. The molecule has 0 aliphatic carbocycles. The number of hydrogen-bond acceptors (Lipinski definition) is 9. The molecule has 234 valence electrons. The Kier molecular flexibility index (Phi) is 14.3. The van der Waals surface area contributed by atoms with E-state index in [0.717, 1.165) is 62.7 Å². The fourth-order valence-corrected chi connectivity index (χ4v) is 4.22. The molecule has 0 aromatic heterocycles. The molecule has 0 unspecified atom stereocenters. The molecule has 3 aromatic rings. The van der Waals surface area contributed by atoms with Gasteiger partial charge in [-0.2, -0.15) is 0 Å². The Balaban J connectivity index is 1.26. The predicted molar refractivity (Wildman–Crippen MR) is 171 cm³/mol. The van der Waals surface area contributed by atoms with Gasteiger partial charge in [-0.15, -0.1) is 0 Å². The average molecular weight is 603 g/mol. The van der Waals surface area contributed by atoms with E-state index in [-0.39, 0.29) is 0 Å². The molecule has 0 amide bonds. The lowest BCUT2D eigenvalue weighted by Crippen LogP contribution is -2.08. The largest absolute Gasteiger partial charge is 0.494 e. The van der Waals surface area contributed by atoms with Crippen LogP contribution in [0.5, 0.6) is 11.5 Å². The minimum absolute atomic E-state index is 0.317. The third-order valence-electron chi connectivity index (χ3n) is 6.59. The van der Waals surface area contributed by atoms with Gasteiger partial charge in [-0.05, 0) is 85.5 Å². The number of carbonyl (C=O) groups excluding carboxylic acids is 3. The van der Waals surface area contributed by atoms with Crippen LogP contribution in [0.1, 0.15) is 84.6 Å². The maximum absolute atomic E-state index is 12.3. The highest BCUT2D eigenvalue weighted by Crippen LogP contribution is 2.19. The third kappa shape index (κ3) is 12.6. The number of esters is 3. The summed E-state index contributed by atoms with van der Waals surface area (Å²) >= 11 is 0. The smallest absolute Gasteiger partial charge is 0.338 e. The first-order valence-electron chi connectivity index (χ1n) is 15.1. The van der Waals surface area contributed by atoms with E-state index in [1.807, 2.05) is 0 Å². The van der Waals surface area contributed by atoms with Gasteiger partial charge in [0.05, 0.1) is 30.9 Å². The molecule has 4 N–H and O–H groups in total. The minimum atomic E-state index is -0.505. The van der Waals surface area contributed by atoms with Crippen molar-refractivity contribution in [2.24, 2.45) is 0 Å². The lowest BCUT2D eigenvalue weighted by atomic mass is 10.1. The summed E-state index contributed by atoms with van der Waals surface area (Å²) in [4.78, 5) is 36.6. The second-order valence-electron chi connectivity index (χ2n) is 10.3. The van der Waals surface area contributed by atoms with E-state index in [1.54, 1.807) is 60.7 Å². The number of hydrogen-bond donors (Lipinski definition) is 2. The lowest BCUT2D eigenvalue weighted by molar-refractivity contribution is -0.128. The second-order valence-corrected chi connectivity index (χ2v) is 10.3. The number of nitrogen functional groups attached to an aromatic ring is 2. The van der Waals surface area contributed by atoms with Gasteiger partial charge in [0.15, 0.2) is 0 Å². The maximum Gasteiger partial charge on any atom is 0.338 e. The summed E-state index contributed by atoms with van der Waals surface area (Å²) in [5.41, 5.74) is 13.8. The molecule has 0 heterocycles. The summed E-state index contributed by atoms with van der Waals surface area (Å²) in [6, 6.07) is 18.4. The quantitative estimate of drug-likeness (QED) is 0.0517. The van der Waals surface area contributed by atoms with Gasteiger partial charge in [0.1, 0.15) is 11.5 Å². The highest BCUT2D eigenvalue weighted by Gasteiger charge is 2.09. The van der Waals surface area contributed by atoms with Gasteiger partial charge >= 0.3 is 17.9 Å². The fourth-order valence-electron chi connectivity index (χ4n) is 4.22. The summed E-state index contributed by atoms with van der Waals surface area (Å²) in [5.74, 6) is -0.171. The highest BCUT2D eigenvalue weighted by atomic mass is 16.5. The Morgan fingerprint density at radius 2 is 1.18 bits per heavy atom. The zero-order valence-electron chi connectivity index (χ0n) is 25.3. The lowest BCUT2D eigenvalue weighted by Gasteiger charge is -2.07. The molecule has 44 heavy (non-hydrogen) atoms. The standard InChI is InChI=1S/C35H42N2O7/c1-2-3-7-20-41-31-15-17-32(18-16-31)44-33(38)19-12-26-10-13-27(14-11-26)34(39)42-21-8-5-4-6-9-22-43-35(40)28-23-29(36)25-30(37)24-28/h10-19,23-25H,2-9,20-22,36-37H2,1H3. The fraction of sp³-hybridized carbons (Fsp3) is 0.343. The molecule has 0 fully saturated rings.